The Morgan fingerprint density at radius 2 is 1.36 bits per heavy atom. The van der Waals surface area contributed by atoms with Crippen LogP contribution in [0.2, 0.25) is 0 Å². The van der Waals surface area contributed by atoms with E-state index >= 15 is 0 Å². The lowest BCUT2D eigenvalue weighted by atomic mass is 10.1. The van der Waals surface area contributed by atoms with Crippen molar-refractivity contribution in [3.8, 4) is 0 Å². The number of aryl methyl sites for hydroxylation is 2. The lowest BCUT2D eigenvalue weighted by Gasteiger charge is -2.09. The van der Waals surface area contributed by atoms with Crippen LogP contribution in [0.5, 0.6) is 0 Å². The molecule has 0 aliphatic rings. The predicted molar refractivity (Wildman–Crippen MR) is 55.3 cm³/mol. The molecule has 1 aromatic rings. The molecule has 0 radical (unpaired) electrons. The van der Waals surface area contributed by atoms with Gasteiger partial charge in [-0.05, 0) is 31.0 Å². The summed E-state index contributed by atoms with van der Waals surface area (Å²) in [7, 11) is 0. The van der Waals surface area contributed by atoms with E-state index in [0.717, 1.165) is 11.1 Å². The molecule has 0 bridgehead atoms. The van der Waals surface area contributed by atoms with E-state index in [1.165, 1.54) is 0 Å². The minimum absolute atomic E-state index is 0.613. The smallest absolute Gasteiger partial charge is 0.211 e. The van der Waals surface area contributed by atoms with Crippen LogP contribution < -0.4 is 10.6 Å². The molecule has 1 aromatic carbocycles. The zero-order valence-corrected chi connectivity index (χ0v) is 8.13. The fraction of sp³-hybridized carbons (Fsp3) is 0.200. The summed E-state index contributed by atoms with van der Waals surface area (Å²) in [5.41, 5.74) is 3.34. The summed E-state index contributed by atoms with van der Waals surface area (Å²) in [5, 5.41) is 5.13. The van der Waals surface area contributed by atoms with Gasteiger partial charge < -0.3 is 10.6 Å². The fourth-order valence-electron chi connectivity index (χ4n) is 1.29. The second-order valence-electron chi connectivity index (χ2n) is 3.01. The quantitative estimate of drug-likeness (QED) is 0.709. The number of hydrogen-bond acceptors (Lipinski definition) is 2. The Balaban J connectivity index is 3.11. The summed E-state index contributed by atoms with van der Waals surface area (Å²) in [6.45, 7) is 3.78. The molecule has 0 fully saturated rings. The van der Waals surface area contributed by atoms with Crippen molar-refractivity contribution in [2.24, 2.45) is 0 Å². The maximum Gasteiger partial charge on any atom is 0.211 e. The molecule has 2 amide bonds. The molecule has 0 spiro atoms. The van der Waals surface area contributed by atoms with E-state index in [0.29, 0.717) is 24.2 Å². The van der Waals surface area contributed by atoms with Gasteiger partial charge in [0.1, 0.15) is 0 Å². The van der Waals surface area contributed by atoms with Crippen molar-refractivity contribution in [2.45, 2.75) is 13.8 Å². The normalized spacial score (nSPS) is 9.29. The van der Waals surface area contributed by atoms with Crippen LogP contribution in [-0.2, 0) is 9.59 Å². The molecule has 0 saturated heterocycles. The zero-order chi connectivity index (χ0) is 10.6. The summed E-state index contributed by atoms with van der Waals surface area (Å²) in [6, 6.07) is 3.63. The fourth-order valence-corrected chi connectivity index (χ4v) is 1.29. The molecule has 0 atom stereocenters. The molecule has 0 aromatic heterocycles. The summed E-state index contributed by atoms with van der Waals surface area (Å²) < 4.78 is 0. The highest BCUT2D eigenvalue weighted by molar-refractivity contribution is 5.81. The molecule has 0 saturated carbocycles. The van der Waals surface area contributed by atoms with Crippen molar-refractivity contribution in [3.05, 3.63) is 23.3 Å². The van der Waals surface area contributed by atoms with Crippen LogP contribution in [0.4, 0.5) is 11.4 Å². The molecule has 0 unspecified atom stereocenters. The lowest BCUT2D eigenvalue weighted by molar-refractivity contribution is -0.106. The van der Waals surface area contributed by atoms with Crippen LogP contribution in [0.25, 0.3) is 0 Å². The minimum atomic E-state index is 0.613. The molecule has 4 heteroatoms. The van der Waals surface area contributed by atoms with E-state index in [4.69, 9.17) is 0 Å². The number of carbonyl (C=O) groups is 2. The molecule has 0 aliphatic carbocycles. The summed E-state index contributed by atoms with van der Waals surface area (Å²) in [6.07, 6.45) is 1.23. The third-order valence-electron chi connectivity index (χ3n) is 2.00. The Morgan fingerprint density at radius 3 is 1.71 bits per heavy atom. The molecule has 14 heavy (non-hydrogen) atoms. The van der Waals surface area contributed by atoms with Gasteiger partial charge in [0.2, 0.25) is 12.8 Å². The topological polar surface area (TPSA) is 58.2 Å². The Labute approximate surface area is 82.3 Å². The van der Waals surface area contributed by atoms with Gasteiger partial charge in [-0.15, -0.1) is 0 Å². The number of anilines is 2. The number of rotatable bonds is 4. The first kappa shape index (κ1) is 10.2. The van der Waals surface area contributed by atoms with Gasteiger partial charge in [-0.2, -0.15) is 0 Å². The summed E-state index contributed by atoms with van der Waals surface area (Å²) in [4.78, 5) is 20.6. The van der Waals surface area contributed by atoms with Crippen LogP contribution in [0.1, 0.15) is 11.1 Å². The molecule has 1 rings (SSSR count). The van der Waals surface area contributed by atoms with E-state index in [2.05, 4.69) is 10.6 Å². The van der Waals surface area contributed by atoms with E-state index in [-0.39, 0.29) is 0 Å². The lowest BCUT2D eigenvalue weighted by Crippen LogP contribution is -2.01. The Hall–Kier alpha value is -1.84. The Kier molecular flexibility index (Phi) is 3.23. The molecule has 74 valence electrons. The van der Waals surface area contributed by atoms with Crippen LogP contribution in [0.15, 0.2) is 12.1 Å². The zero-order valence-electron chi connectivity index (χ0n) is 8.13. The number of benzene rings is 1. The summed E-state index contributed by atoms with van der Waals surface area (Å²) >= 11 is 0. The molecule has 4 nitrogen and oxygen atoms in total. The number of carbonyl (C=O) groups excluding carboxylic acids is 2. The second kappa shape index (κ2) is 4.41. The average Bonchev–Trinajstić information content (AvgIpc) is 2.14. The van der Waals surface area contributed by atoms with Gasteiger partial charge in [0, 0.05) is 11.4 Å². The van der Waals surface area contributed by atoms with Gasteiger partial charge in [0.05, 0.1) is 0 Å². The summed E-state index contributed by atoms with van der Waals surface area (Å²) in [5.74, 6) is 0. The Bertz CT molecular complexity index is 330. The number of nitrogens with one attached hydrogen (secondary N) is 2. The van der Waals surface area contributed by atoms with E-state index in [1.54, 1.807) is 6.07 Å². The van der Waals surface area contributed by atoms with Crippen LogP contribution >= 0.6 is 0 Å². The van der Waals surface area contributed by atoms with Gasteiger partial charge in [0.15, 0.2) is 0 Å². The molecule has 0 heterocycles. The first-order chi connectivity index (χ1) is 6.69. The van der Waals surface area contributed by atoms with Gasteiger partial charge in [-0.25, -0.2) is 0 Å². The monoisotopic (exact) mass is 192 g/mol. The Morgan fingerprint density at radius 1 is 0.929 bits per heavy atom. The van der Waals surface area contributed by atoms with Crippen molar-refractivity contribution in [1.82, 2.24) is 0 Å². The first-order valence-electron chi connectivity index (χ1n) is 4.20. The second-order valence-corrected chi connectivity index (χ2v) is 3.01. The highest BCUT2D eigenvalue weighted by atomic mass is 16.1. The van der Waals surface area contributed by atoms with Gasteiger partial charge in [-0.1, -0.05) is 6.07 Å². The van der Waals surface area contributed by atoms with Crippen LogP contribution in [0.3, 0.4) is 0 Å². The van der Waals surface area contributed by atoms with Crippen molar-refractivity contribution in [3.63, 3.8) is 0 Å². The van der Waals surface area contributed by atoms with E-state index < -0.39 is 0 Å². The average molecular weight is 192 g/mol. The van der Waals surface area contributed by atoms with Gasteiger partial charge >= 0.3 is 0 Å². The maximum atomic E-state index is 10.3. The SMILES string of the molecule is Cc1cc(C)c(NC=O)cc1NC=O. The maximum absolute atomic E-state index is 10.3. The van der Waals surface area contributed by atoms with Crippen molar-refractivity contribution < 1.29 is 9.59 Å². The molecule has 0 aliphatic heterocycles. The first-order valence-corrected chi connectivity index (χ1v) is 4.20. The third-order valence-corrected chi connectivity index (χ3v) is 2.00. The minimum Gasteiger partial charge on any atom is -0.328 e. The predicted octanol–water partition coefficient (Wildman–Crippen LogP) is 1.44. The van der Waals surface area contributed by atoms with Crippen molar-refractivity contribution in [1.29, 1.82) is 0 Å². The van der Waals surface area contributed by atoms with E-state index in [1.807, 2.05) is 19.9 Å². The number of amides is 2. The number of hydrogen-bond donors (Lipinski definition) is 2. The van der Waals surface area contributed by atoms with Gasteiger partial charge in [0.25, 0.3) is 0 Å². The highest BCUT2D eigenvalue weighted by Gasteiger charge is 2.02. The highest BCUT2D eigenvalue weighted by Crippen LogP contribution is 2.23. The molecule has 2 N–H and O–H groups in total. The van der Waals surface area contributed by atoms with E-state index in [9.17, 15) is 9.59 Å². The van der Waals surface area contributed by atoms with Crippen LogP contribution in [-0.4, -0.2) is 12.8 Å². The van der Waals surface area contributed by atoms with Crippen molar-refractivity contribution in [2.75, 3.05) is 10.6 Å². The molecular weight excluding hydrogens is 180 g/mol. The third kappa shape index (κ3) is 2.10. The largest absolute Gasteiger partial charge is 0.328 e. The van der Waals surface area contributed by atoms with Crippen molar-refractivity contribution >= 4 is 24.2 Å². The van der Waals surface area contributed by atoms with Crippen LogP contribution in [0, 0.1) is 13.8 Å². The molecular formula is C10H12N2O2. The standard InChI is InChI=1S/C10H12N2O2/c1-7-3-8(2)10(12-6-14)4-9(7)11-5-13/h3-6H,1-2H3,(H,11,13)(H,12,14). The van der Waals surface area contributed by atoms with Gasteiger partial charge in [-0.3, -0.25) is 9.59 Å².